The normalized spacial score (nSPS) is 15.2. The number of alkyl halides is 1. The van der Waals surface area contributed by atoms with Crippen molar-refractivity contribution < 1.29 is 14.3 Å². The number of benzene rings is 1. The van der Waals surface area contributed by atoms with Gasteiger partial charge in [0.25, 0.3) is 5.91 Å². The number of fused-ring (bicyclic) bond motifs is 1. The van der Waals surface area contributed by atoms with Gasteiger partial charge in [0, 0.05) is 6.07 Å². The second kappa shape index (κ2) is 5.16. The summed E-state index contributed by atoms with van der Waals surface area (Å²) in [6.07, 6.45) is 0. The molecule has 1 unspecified atom stereocenters. The van der Waals surface area contributed by atoms with Crippen molar-refractivity contribution in [2.24, 2.45) is 0 Å². The van der Waals surface area contributed by atoms with Gasteiger partial charge in [0.15, 0.2) is 6.61 Å². The van der Waals surface area contributed by atoms with Gasteiger partial charge in [0.2, 0.25) is 5.91 Å². The number of halogens is 2. The zero-order valence-corrected chi connectivity index (χ0v) is 11.8. The van der Waals surface area contributed by atoms with Crippen molar-refractivity contribution in [2.45, 2.75) is 11.8 Å². The predicted octanol–water partition coefficient (Wildman–Crippen LogP) is 2.39. The Morgan fingerprint density at radius 2 is 2.33 bits per heavy atom. The van der Waals surface area contributed by atoms with Crippen molar-refractivity contribution >= 4 is 50.7 Å². The highest BCUT2D eigenvalue weighted by Crippen LogP contribution is 2.36. The van der Waals surface area contributed by atoms with Crippen LogP contribution in [0, 0.1) is 0 Å². The summed E-state index contributed by atoms with van der Waals surface area (Å²) in [4.78, 5) is 22.4. The highest BCUT2D eigenvalue weighted by atomic mass is 79.9. The molecule has 1 aliphatic rings. The van der Waals surface area contributed by atoms with Crippen LogP contribution in [0.15, 0.2) is 12.1 Å². The number of anilines is 2. The Balaban J connectivity index is 2.28. The summed E-state index contributed by atoms with van der Waals surface area (Å²) in [6, 6.07) is 3.13. The number of hydrogen-bond donors (Lipinski definition) is 2. The third kappa shape index (κ3) is 2.76. The zero-order valence-electron chi connectivity index (χ0n) is 9.42. The van der Waals surface area contributed by atoms with Crippen LogP contribution in [0.1, 0.15) is 6.92 Å². The first-order chi connectivity index (χ1) is 8.47. The molecule has 0 saturated heterocycles. The largest absolute Gasteiger partial charge is 0.482 e. The van der Waals surface area contributed by atoms with Gasteiger partial charge in [-0.2, -0.15) is 0 Å². The molecule has 5 nitrogen and oxygen atoms in total. The fourth-order valence-corrected chi connectivity index (χ4v) is 1.75. The lowest BCUT2D eigenvalue weighted by Crippen LogP contribution is -2.26. The molecular formula is C11H10BrClN2O3. The number of hydrogen-bond acceptors (Lipinski definition) is 3. The Hall–Kier alpha value is -1.27. The van der Waals surface area contributed by atoms with Gasteiger partial charge in [0.1, 0.15) is 5.75 Å². The van der Waals surface area contributed by atoms with Gasteiger partial charge in [-0.25, -0.2) is 0 Å². The van der Waals surface area contributed by atoms with Crippen LogP contribution in [0.5, 0.6) is 5.75 Å². The number of carbonyl (C=O) groups is 2. The van der Waals surface area contributed by atoms with E-state index in [9.17, 15) is 9.59 Å². The summed E-state index contributed by atoms with van der Waals surface area (Å²) in [5, 5.41) is 5.63. The van der Waals surface area contributed by atoms with Crippen LogP contribution in [-0.4, -0.2) is 23.2 Å². The molecule has 7 heteroatoms. The molecule has 1 aliphatic heterocycles. The van der Waals surface area contributed by atoms with Crippen LogP contribution in [0.2, 0.25) is 5.02 Å². The van der Waals surface area contributed by atoms with E-state index in [0.717, 1.165) is 0 Å². The third-order valence-electron chi connectivity index (χ3n) is 2.32. The van der Waals surface area contributed by atoms with Crippen LogP contribution < -0.4 is 15.4 Å². The summed E-state index contributed by atoms with van der Waals surface area (Å²) in [6.45, 7) is 1.66. The average Bonchev–Trinajstić information content (AvgIpc) is 2.30. The van der Waals surface area contributed by atoms with E-state index >= 15 is 0 Å². The van der Waals surface area contributed by atoms with Gasteiger partial charge in [0.05, 0.1) is 21.2 Å². The second-order valence-corrected chi connectivity index (χ2v) is 5.55. The minimum atomic E-state index is -0.328. The molecule has 1 aromatic carbocycles. The lowest BCUT2D eigenvalue weighted by Gasteiger charge is -2.19. The second-order valence-electron chi connectivity index (χ2n) is 3.77. The molecule has 2 N–H and O–H groups in total. The van der Waals surface area contributed by atoms with E-state index in [1.807, 2.05) is 0 Å². The van der Waals surface area contributed by atoms with Crippen LogP contribution in [0.25, 0.3) is 0 Å². The maximum absolute atomic E-state index is 11.6. The Kier molecular flexibility index (Phi) is 3.77. The minimum Gasteiger partial charge on any atom is -0.482 e. The highest BCUT2D eigenvalue weighted by Gasteiger charge is 2.19. The van der Waals surface area contributed by atoms with E-state index in [1.54, 1.807) is 19.1 Å². The SMILES string of the molecule is CC(Br)C(=O)Nc1cc2c(cc1Cl)NC(=O)CO2. The predicted molar refractivity (Wildman–Crippen MR) is 72.6 cm³/mol. The smallest absolute Gasteiger partial charge is 0.262 e. The van der Waals surface area contributed by atoms with Crippen molar-refractivity contribution in [2.75, 3.05) is 17.2 Å². The first-order valence-electron chi connectivity index (χ1n) is 5.18. The molecule has 1 heterocycles. The number of nitrogens with one attached hydrogen (secondary N) is 2. The number of ether oxygens (including phenoxy) is 1. The fourth-order valence-electron chi connectivity index (χ4n) is 1.43. The van der Waals surface area contributed by atoms with E-state index < -0.39 is 0 Å². The Morgan fingerprint density at radius 3 is 3.00 bits per heavy atom. The standard InChI is InChI=1S/C11H10BrClN2O3/c1-5(12)11(17)15-7-3-9-8(2-6(7)13)14-10(16)4-18-9/h2-3,5H,4H2,1H3,(H,14,16)(H,15,17). The molecule has 0 spiro atoms. The highest BCUT2D eigenvalue weighted by molar-refractivity contribution is 9.10. The monoisotopic (exact) mass is 332 g/mol. The molecule has 0 saturated carbocycles. The van der Waals surface area contributed by atoms with Crippen molar-refractivity contribution in [3.8, 4) is 5.75 Å². The molecule has 1 atom stereocenters. The summed E-state index contributed by atoms with van der Waals surface area (Å²) in [7, 11) is 0. The van der Waals surface area contributed by atoms with Gasteiger partial charge in [-0.3, -0.25) is 9.59 Å². The number of carbonyl (C=O) groups excluding carboxylic acids is 2. The maximum atomic E-state index is 11.6. The van der Waals surface area contributed by atoms with E-state index in [1.165, 1.54) is 0 Å². The molecule has 2 amide bonds. The molecule has 18 heavy (non-hydrogen) atoms. The molecule has 0 fully saturated rings. The van der Waals surface area contributed by atoms with Gasteiger partial charge >= 0.3 is 0 Å². The Bertz CT molecular complexity index is 519. The molecule has 2 rings (SSSR count). The first-order valence-corrected chi connectivity index (χ1v) is 6.48. The quantitative estimate of drug-likeness (QED) is 0.817. The van der Waals surface area contributed by atoms with E-state index in [-0.39, 0.29) is 23.2 Å². The van der Waals surface area contributed by atoms with Crippen LogP contribution in [0.4, 0.5) is 11.4 Å². The van der Waals surface area contributed by atoms with Gasteiger partial charge in [-0.1, -0.05) is 27.5 Å². The van der Waals surface area contributed by atoms with Crippen LogP contribution in [-0.2, 0) is 9.59 Å². The van der Waals surface area contributed by atoms with Crippen LogP contribution >= 0.6 is 27.5 Å². The minimum absolute atomic E-state index is 0.0448. The Morgan fingerprint density at radius 1 is 1.61 bits per heavy atom. The lowest BCUT2D eigenvalue weighted by atomic mass is 10.2. The van der Waals surface area contributed by atoms with E-state index in [4.69, 9.17) is 16.3 Å². The van der Waals surface area contributed by atoms with Gasteiger partial charge in [-0.15, -0.1) is 0 Å². The lowest BCUT2D eigenvalue weighted by molar-refractivity contribution is -0.118. The molecule has 0 bridgehead atoms. The van der Waals surface area contributed by atoms with Gasteiger partial charge < -0.3 is 15.4 Å². The Labute approximate surface area is 117 Å². The number of amides is 2. The fraction of sp³-hybridized carbons (Fsp3) is 0.273. The molecule has 96 valence electrons. The van der Waals surface area contributed by atoms with Crippen molar-refractivity contribution in [1.82, 2.24) is 0 Å². The molecule has 0 aromatic heterocycles. The molecular weight excluding hydrogens is 323 g/mol. The first kappa shape index (κ1) is 13.2. The maximum Gasteiger partial charge on any atom is 0.262 e. The number of rotatable bonds is 2. The molecule has 0 aliphatic carbocycles. The van der Waals surface area contributed by atoms with E-state index in [0.29, 0.717) is 22.1 Å². The summed E-state index contributed by atoms with van der Waals surface area (Å²) < 4.78 is 5.24. The third-order valence-corrected chi connectivity index (χ3v) is 3.05. The van der Waals surface area contributed by atoms with Crippen molar-refractivity contribution in [3.63, 3.8) is 0 Å². The topological polar surface area (TPSA) is 67.4 Å². The van der Waals surface area contributed by atoms with Gasteiger partial charge in [-0.05, 0) is 13.0 Å². The summed E-state index contributed by atoms with van der Waals surface area (Å²) in [5.74, 6) is 0.0395. The molecule has 0 radical (unpaired) electrons. The summed E-state index contributed by atoms with van der Waals surface area (Å²) >= 11 is 9.18. The molecule has 1 aromatic rings. The van der Waals surface area contributed by atoms with Crippen molar-refractivity contribution in [3.05, 3.63) is 17.2 Å². The summed E-state index contributed by atoms with van der Waals surface area (Å²) in [5.41, 5.74) is 0.948. The van der Waals surface area contributed by atoms with Crippen LogP contribution in [0.3, 0.4) is 0 Å². The average molecular weight is 334 g/mol. The van der Waals surface area contributed by atoms with E-state index in [2.05, 4.69) is 26.6 Å². The zero-order chi connectivity index (χ0) is 13.3. The van der Waals surface area contributed by atoms with Crippen molar-refractivity contribution in [1.29, 1.82) is 0 Å².